The van der Waals surface area contributed by atoms with Crippen molar-refractivity contribution in [3.8, 4) is 0 Å². The second-order valence-electron chi connectivity index (χ2n) is 1.41. The van der Waals surface area contributed by atoms with Gasteiger partial charge in [0.25, 0.3) is 0 Å². The number of rotatable bonds is 0. The fourth-order valence-electron chi connectivity index (χ4n) is 0. The van der Waals surface area contributed by atoms with Gasteiger partial charge in [0.2, 0.25) is 5.91 Å². The van der Waals surface area contributed by atoms with Crippen molar-refractivity contribution in [3.63, 3.8) is 0 Å². The van der Waals surface area contributed by atoms with Crippen LogP contribution in [-0.4, -0.2) is 30.4 Å². The summed E-state index contributed by atoms with van der Waals surface area (Å²) in [6.07, 6.45) is 0. The summed E-state index contributed by atoms with van der Waals surface area (Å²) in [5.41, 5.74) is 0. The molecule has 3 heteroatoms. The van der Waals surface area contributed by atoms with E-state index in [9.17, 15) is 4.79 Å². The molecule has 0 saturated heterocycles. The predicted molar refractivity (Wildman–Crippen MR) is 28.0 cm³/mol. The monoisotopic (exact) mass is 105 g/mol. The molecule has 2 N–H and O–H groups in total. The minimum Gasteiger partial charge on any atom is -0.412 e. The van der Waals surface area contributed by atoms with Crippen molar-refractivity contribution in [2.45, 2.75) is 6.92 Å². The Hall–Kier alpha value is -0.570. The standard InChI is InChI=1S/C4H9NO.H2O/c1-4(6)5(2)3;/h1-3H3;1H2. The minimum atomic E-state index is 0. The molecular weight excluding hydrogens is 94.0 g/mol. The van der Waals surface area contributed by atoms with Gasteiger partial charge in [-0.1, -0.05) is 0 Å². The van der Waals surface area contributed by atoms with Gasteiger partial charge < -0.3 is 10.4 Å². The van der Waals surface area contributed by atoms with Crippen LogP contribution in [0.1, 0.15) is 6.92 Å². The SMILES string of the molecule is CC(=O)N(C)C.O. The highest BCUT2D eigenvalue weighted by atomic mass is 16.2. The lowest BCUT2D eigenvalue weighted by Crippen LogP contribution is -2.17. The molecule has 0 unspecified atom stereocenters. The summed E-state index contributed by atoms with van der Waals surface area (Å²) < 4.78 is 0. The van der Waals surface area contributed by atoms with Gasteiger partial charge >= 0.3 is 0 Å². The van der Waals surface area contributed by atoms with E-state index in [0.717, 1.165) is 0 Å². The molecule has 1 amide bonds. The first kappa shape index (κ1) is 9.66. The van der Waals surface area contributed by atoms with Crippen LogP contribution >= 0.6 is 0 Å². The molecule has 0 atom stereocenters. The zero-order valence-electron chi connectivity index (χ0n) is 4.86. The molecule has 0 saturated carbocycles. The third-order valence-electron chi connectivity index (χ3n) is 0.630. The summed E-state index contributed by atoms with van der Waals surface area (Å²) in [7, 11) is 3.45. The molecule has 0 aromatic rings. The summed E-state index contributed by atoms with van der Waals surface area (Å²) >= 11 is 0. The molecule has 3 nitrogen and oxygen atoms in total. The highest BCUT2D eigenvalue weighted by Crippen LogP contribution is 1.69. The third-order valence-corrected chi connectivity index (χ3v) is 0.630. The maximum atomic E-state index is 10.1. The van der Waals surface area contributed by atoms with Gasteiger partial charge in [-0.2, -0.15) is 0 Å². The largest absolute Gasteiger partial charge is 0.412 e. The van der Waals surface area contributed by atoms with Gasteiger partial charge in [0, 0.05) is 21.0 Å². The Kier molecular flexibility index (Phi) is 4.99. The number of nitrogens with zero attached hydrogens (tertiary/aromatic N) is 1. The lowest BCUT2D eigenvalue weighted by molar-refractivity contribution is -0.126. The smallest absolute Gasteiger partial charge is 0.218 e. The zero-order chi connectivity index (χ0) is 5.15. The molecule has 0 fully saturated rings. The maximum absolute atomic E-state index is 10.1. The summed E-state index contributed by atoms with van der Waals surface area (Å²) in [4.78, 5) is 11.6. The van der Waals surface area contributed by atoms with E-state index in [2.05, 4.69) is 0 Å². The molecule has 0 aliphatic carbocycles. The number of carbonyl (C=O) groups excluding carboxylic acids is 1. The Morgan fingerprint density at radius 3 is 1.57 bits per heavy atom. The van der Waals surface area contributed by atoms with Gasteiger partial charge in [0.1, 0.15) is 0 Å². The van der Waals surface area contributed by atoms with Crippen molar-refractivity contribution in [2.75, 3.05) is 14.1 Å². The third kappa shape index (κ3) is 5.43. The first-order valence-electron chi connectivity index (χ1n) is 1.82. The molecule has 44 valence electrons. The molecule has 0 spiro atoms. The fraction of sp³-hybridized carbons (Fsp3) is 0.750. The molecule has 0 rings (SSSR count). The molecular formula is C4H11NO2. The van der Waals surface area contributed by atoms with Gasteiger partial charge in [0.05, 0.1) is 0 Å². The number of hydrogen-bond acceptors (Lipinski definition) is 1. The van der Waals surface area contributed by atoms with E-state index in [4.69, 9.17) is 0 Å². The van der Waals surface area contributed by atoms with E-state index in [1.54, 1.807) is 14.1 Å². The van der Waals surface area contributed by atoms with Crippen molar-refractivity contribution in [3.05, 3.63) is 0 Å². The van der Waals surface area contributed by atoms with Crippen LogP contribution in [0.4, 0.5) is 0 Å². The molecule has 0 aliphatic rings. The Bertz CT molecular complexity index is 60.7. The molecule has 7 heavy (non-hydrogen) atoms. The summed E-state index contributed by atoms with van der Waals surface area (Å²) in [6, 6.07) is 0. The topological polar surface area (TPSA) is 51.8 Å². The van der Waals surface area contributed by atoms with Crippen LogP contribution < -0.4 is 0 Å². The van der Waals surface area contributed by atoms with Crippen molar-refractivity contribution in [2.24, 2.45) is 0 Å². The first-order chi connectivity index (χ1) is 2.64. The zero-order valence-corrected chi connectivity index (χ0v) is 4.86. The van der Waals surface area contributed by atoms with Crippen LogP contribution in [0.3, 0.4) is 0 Å². The number of hydrogen-bond donors (Lipinski definition) is 0. The van der Waals surface area contributed by atoms with E-state index < -0.39 is 0 Å². The van der Waals surface area contributed by atoms with Gasteiger partial charge in [-0.05, 0) is 0 Å². The van der Waals surface area contributed by atoms with E-state index in [0.29, 0.717) is 0 Å². The normalized spacial score (nSPS) is 6.71. The van der Waals surface area contributed by atoms with Gasteiger partial charge in [-0.3, -0.25) is 4.79 Å². The van der Waals surface area contributed by atoms with Crippen LogP contribution in [0.2, 0.25) is 0 Å². The molecule has 0 radical (unpaired) electrons. The van der Waals surface area contributed by atoms with Crippen molar-refractivity contribution in [1.82, 2.24) is 4.90 Å². The lowest BCUT2D eigenvalue weighted by atomic mass is 10.7. The lowest BCUT2D eigenvalue weighted by Gasteiger charge is -2.02. The van der Waals surface area contributed by atoms with E-state index in [-0.39, 0.29) is 11.4 Å². The number of amides is 1. The molecule has 0 bridgehead atoms. The Morgan fingerprint density at radius 2 is 1.57 bits per heavy atom. The average Bonchev–Trinajstić information content (AvgIpc) is 1.36. The summed E-state index contributed by atoms with van der Waals surface area (Å²) in [5.74, 6) is 0.0926. The first-order valence-corrected chi connectivity index (χ1v) is 1.82. The summed E-state index contributed by atoms with van der Waals surface area (Å²) in [5, 5.41) is 0. The summed E-state index contributed by atoms with van der Waals surface area (Å²) in [6.45, 7) is 1.53. The van der Waals surface area contributed by atoms with Gasteiger partial charge in [-0.25, -0.2) is 0 Å². The molecule has 0 aromatic heterocycles. The predicted octanol–water partition coefficient (Wildman–Crippen LogP) is -0.730. The highest BCUT2D eigenvalue weighted by molar-refractivity contribution is 5.72. The second-order valence-corrected chi connectivity index (χ2v) is 1.41. The van der Waals surface area contributed by atoms with Crippen molar-refractivity contribution in [1.29, 1.82) is 0 Å². The van der Waals surface area contributed by atoms with Gasteiger partial charge in [-0.15, -0.1) is 0 Å². The van der Waals surface area contributed by atoms with Gasteiger partial charge in [0.15, 0.2) is 0 Å². The highest BCUT2D eigenvalue weighted by Gasteiger charge is 1.87. The number of carbonyl (C=O) groups is 1. The second kappa shape index (κ2) is 3.61. The van der Waals surface area contributed by atoms with Crippen LogP contribution in [0, 0.1) is 0 Å². The van der Waals surface area contributed by atoms with E-state index in [1.807, 2.05) is 0 Å². The quantitative estimate of drug-likeness (QED) is 0.400. The Morgan fingerprint density at radius 1 is 1.43 bits per heavy atom. The van der Waals surface area contributed by atoms with Crippen molar-refractivity contribution < 1.29 is 10.3 Å². The van der Waals surface area contributed by atoms with Crippen LogP contribution in [0.5, 0.6) is 0 Å². The van der Waals surface area contributed by atoms with E-state index >= 15 is 0 Å². The average molecular weight is 105 g/mol. The molecule has 0 heterocycles. The Balaban J connectivity index is 0. The maximum Gasteiger partial charge on any atom is 0.218 e. The molecule has 0 aliphatic heterocycles. The van der Waals surface area contributed by atoms with Crippen LogP contribution in [0.25, 0.3) is 0 Å². The van der Waals surface area contributed by atoms with Crippen LogP contribution in [0.15, 0.2) is 0 Å². The van der Waals surface area contributed by atoms with E-state index in [1.165, 1.54) is 11.8 Å². The fourth-order valence-corrected chi connectivity index (χ4v) is 0. The minimum absolute atomic E-state index is 0. The molecule has 0 aromatic carbocycles. The Labute approximate surface area is 43.2 Å². The van der Waals surface area contributed by atoms with Crippen molar-refractivity contribution >= 4 is 5.91 Å². The van der Waals surface area contributed by atoms with Crippen LogP contribution in [-0.2, 0) is 4.79 Å².